The molecule has 0 heterocycles. The van der Waals surface area contributed by atoms with Crippen LogP contribution in [0, 0.1) is 6.92 Å². The van der Waals surface area contributed by atoms with Crippen LogP contribution in [0.3, 0.4) is 0 Å². The molecular formula is C16H17NO2. The van der Waals surface area contributed by atoms with Crippen LogP contribution in [0.25, 0.3) is 0 Å². The van der Waals surface area contributed by atoms with E-state index in [9.17, 15) is 9.90 Å². The number of benzene rings is 2. The van der Waals surface area contributed by atoms with Gasteiger partial charge in [0.25, 0.3) is 0 Å². The van der Waals surface area contributed by atoms with Gasteiger partial charge < -0.3 is 10.4 Å². The van der Waals surface area contributed by atoms with Crippen LogP contribution in [0.15, 0.2) is 48.5 Å². The maximum Gasteiger partial charge on any atom is 0.224 e. The molecule has 0 aromatic heterocycles. The Bertz CT molecular complexity index is 561. The minimum atomic E-state index is -0.0195. The van der Waals surface area contributed by atoms with E-state index >= 15 is 0 Å². The van der Waals surface area contributed by atoms with Crippen LogP contribution < -0.4 is 5.32 Å². The third-order valence-corrected chi connectivity index (χ3v) is 3.04. The monoisotopic (exact) mass is 255 g/mol. The average Bonchev–Trinajstić information content (AvgIpc) is 2.40. The smallest absolute Gasteiger partial charge is 0.224 e. The lowest BCUT2D eigenvalue weighted by Crippen LogP contribution is -2.24. The van der Waals surface area contributed by atoms with Crippen molar-refractivity contribution in [1.82, 2.24) is 5.32 Å². The van der Waals surface area contributed by atoms with E-state index in [1.165, 1.54) is 5.56 Å². The molecule has 0 fully saturated rings. The van der Waals surface area contributed by atoms with Gasteiger partial charge in [0.1, 0.15) is 5.75 Å². The molecule has 0 saturated heterocycles. The van der Waals surface area contributed by atoms with Crippen molar-refractivity contribution in [3.05, 3.63) is 65.2 Å². The Labute approximate surface area is 112 Å². The number of aromatic hydroxyl groups is 1. The van der Waals surface area contributed by atoms with E-state index in [1.54, 1.807) is 24.3 Å². The van der Waals surface area contributed by atoms with Gasteiger partial charge in [-0.2, -0.15) is 0 Å². The molecule has 2 N–H and O–H groups in total. The van der Waals surface area contributed by atoms with Crippen molar-refractivity contribution in [2.24, 2.45) is 0 Å². The standard InChI is InChI=1S/C16H17NO2/c1-12-4-2-3-5-14(12)11-17-16(19)10-13-6-8-15(18)9-7-13/h2-9,18H,10-11H2,1H3,(H,17,19). The first-order valence-corrected chi connectivity index (χ1v) is 6.24. The summed E-state index contributed by atoms with van der Waals surface area (Å²) < 4.78 is 0. The minimum Gasteiger partial charge on any atom is -0.508 e. The highest BCUT2D eigenvalue weighted by Gasteiger charge is 2.04. The molecule has 2 aromatic rings. The summed E-state index contributed by atoms with van der Waals surface area (Å²) in [6.07, 6.45) is 0.326. The molecule has 2 aromatic carbocycles. The summed E-state index contributed by atoms with van der Waals surface area (Å²) in [6.45, 7) is 2.57. The fraction of sp³-hybridized carbons (Fsp3) is 0.188. The van der Waals surface area contributed by atoms with Gasteiger partial charge in [-0.25, -0.2) is 0 Å². The number of hydrogen-bond acceptors (Lipinski definition) is 2. The lowest BCUT2D eigenvalue weighted by atomic mass is 10.1. The van der Waals surface area contributed by atoms with E-state index < -0.39 is 0 Å². The number of rotatable bonds is 4. The second-order valence-electron chi connectivity index (χ2n) is 4.55. The Morgan fingerprint density at radius 2 is 1.79 bits per heavy atom. The van der Waals surface area contributed by atoms with Crippen LogP contribution in [0.1, 0.15) is 16.7 Å². The van der Waals surface area contributed by atoms with Crippen LogP contribution >= 0.6 is 0 Å². The van der Waals surface area contributed by atoms with Crippen molar-refractivity contribution in [3.63, 3.8) is 0 Å². The fourth-order valence-corrected chi connectivity index (χ4v) is 1.86. The first-order chi connectivity index (χ1) is 9.15. The molecule has 3 nitrogen and oxygen atoms in total. The number of hydrogen-bond donors (Lipinski definition) is 2. The molecule has 0 bridgehead atoms. The van der Waals surface area contributed by atoms with E-state index in [1.807, 2.05) is 31.2 Å². The average molecular weight is 255 g/mol. The number of nitrogens with one attached hydrogen (secondary N) is 1. The van der Waals surface area contributed by atoms with Crippen molar-refractivity contribution < 1.29 is 9.90 Å². The van der Waals surface area contributed by atoms with Crippen molar-refractivity contribution in [2.75, 3.05) is 0 Å². The largest absolute Gasteiger partial charge is 0.508 e. The van der Waals surface area contributed by atoms with Crippen molar-refractivity contribution >= 4 is 5.91 Å². The quantitative estimate of drug-likeness (QED) is 0.882. The number of carbonyl (C=O) groups is 1. The highest BCUT2D eigenvalue weighted by molar-refractivity contribution is 5.78. The van der Waals surface area contributed by atoms with Crippen LogP contribution in [0.5, 0.6) is 5.75 Å². The Morgan fingerprint density at radius 3 is 2.47 bits per heavy atom. The van der Waals surface area contributed by atoms with Gasteiger partial charge in [0.2, 0.25) is 5.91 Å². The molecule has 0 spiro atoms. The zero-order valence-corrected chi connectivity index (χ0v) is 10.9. The van der Waals surface area contributed by atoms with E-state index in [-0.39, 0.29) is 11.7 Å². The van der Waals surface area contributed by atoms with E-state index in [2.05, 4.69) is 5.32 Å². The zero-order chi connectivity index (χ0) is 13.7. The molecule has 0 saturated carbocycles. The molecule has 19 heavy (non-hydrogen) atoms. The summed E-state index contributed by atoms with van der Waals surface area (Å²) in [5.74, 6) is 0.193. The first kappa shape index (κ1) is 13.1. The molecule has 1 amide bonds. The number of amides is 1. The number of carbonyl (C=O) groups excluding carboxylic acids is 1. The van der Waals surface area contributed by atoms with Gasteiger partial charge in [-0.05, 0) is 35.7 Å². The van der Waals surface area contributed by atoms with Gasteiger partial charge in [0, 0.05) is 6.54 Å². The van der Waals surface area contributed by atoms with Gasteiger partial charge >= 0.3 is 0 Å². The molecule has 0 aliphatic heterocycles. The summed E-state index contributed by atoms with van der Waals surface area (Å²) in [7, 11) is 0. The molecule has 0 atom stereocenters. The van der Waals surface area contributed by atoms with E-state index in [0.29, 0.717) is 13.0 Å². The summed E-state index contributed by atoms with van der Waals surface area (Å²) in [5.41, 5.74) is 3.19. The summed E-state index contributed by atoms with van der Waals surface area (Å²) >= 11 is 0. The van der Waals surface area contributed by atoms with E-state index in [4.69, 9.17) is 0 Å². The molecule has 0 unspecified atom stereocenters. The normalized spacial score (nSPS) is 10.2. The number of phenolic OH excluding ortho intramolecular Hbond substituents is 1. The second-order valence-corrected chi connectivity index (χ2v) is 4.55. The molecule has 3 heteroatoms. The predicted molar refractivity (Wildman–Crippen MR) is 74.8 cm³/mol. The highest BCUT2D eigenvalue weighted by atomic mass is 16.3. The summed E-state index contributed by atoms with van der Waals surface area (Å²) in [5, 5.41) is 12.1. The minimum absolute atomic E-state index is 0.0195. The van der Waals surface area contributed by atoms with Gasteiger partial charge in [0.15, 0.2) is 0 Å². The van der Waals surface area contributed by atoms with Gasteiger partial charge in [-0.15, -0.1) is 0 Å². The SMILES string of the molecule is Cc1ccccc1CNC(=O)Cc1ccc(O)cc1. The van der Waals surface area contributed by atoms with Crippen LogP contribution in [0.2, 0.25) is 0 Å². The van der Waals surface area contributed by atoms with Crippen molar-refractivity contribution in [3.8, 4) is 5.75 Å². The van der Waals surface area contributed by atoms with Crippen LogP contribution in [-0.2, 0) is 17.8 Å². The van der Waals surface area contributed by atoms with E-state index in [0.717, 1.165) is 11.1 Å². The van der Waals surface area contributed by atoms with Crippen molar-refractivity contribution in [1.29, 1.82) is 0 Å². The maximum atomic E-state index is 11.8. The van der Waals surface area contributed by atoms with Gasteiger partial charge in [-0.1, -0.05) is 36.4 Å². The lowest BCUT2D eigenvalue weighted by Gasteiger charge is -2.08. The molecule has 0 radical (unpaired) electrons. The third kappa shape index (κ3) is 3.85. The third-order valence-electron chi connectivity index (χ3n) is 3.04. The Balaban J connectivity index is 1.88. The number of phenols is 1. The summed E-state index contributed by atoms with van der Waals surface area (Å²) in [4.78, 5) is 11.8. The predicted octanol–water partition coefficient (Wildman–Crippen LogP) is 2.56. The summed E-state index contributed by atoms with van der Waals surface area (Å²) in [6, 6.07) is 14.7. The second kappa shape index (κ2) is 6.05. The highest BCUT2D eigenvalue weighted by Crippen LogP contribution is 2.10. The molecule has 2 rings (SSSR count). The topological polar surface area (TPSA) is 49.3 Å². The number of aryl methyl sites for hydroxylation is 1. The lowest BCUT2D eigenvalue weighted by molar-refractivity contribution is -0.120. The maximum absolute atomic E-state index is 11.8. The molecule has 98 valence electrons. The Kier molecular flexibility index (Phi) is 4.18. The molecule has 0 aliphatic carbocycles. The zero-order valence-electron chi connectivity index (χ0n) is 10.9. The molecular weight excluding hydrogens is 238 g/mol. The van der Waals surface area contributed by atoms with Crippen LogP contribution in [-0.4, -0.2) is 11.0 Å². The first-order valence-electron chi connectivity index (χ1n) is 6.24. The Hall–Kier alpha value is -2.29. The Morgan fingerprint density at radius 1 is 1.11 bits per heavy atom. The van der Waals surface area contributed by atoms with Crippen molar-refractivity contribution in [2.45, 2.75) is 19.9 Å². The fourth-order valence-electron chi connectivity index (χ4n) is 1.86. The molecule has 0 aliphatic rings. The van der Waals surface area contributed by atoms with Crippen LogP contribution in [0.4, 0.5) is 0 Å². The van der Waals surface area contributed by atoms with Gasteiger partial charge in [-0.3, -0.25) is 4.79 Å². The van der Waals surface area contributed by atoms with Gasteiger partial charge in [0.05, 0.1) is 6.42 Å².